The van der Waals surface area contributed by atoms with E-state index in [1.807, 2.05) is 0 Å². The molecule has 0 bridgehead atoms. The number of nitrogens with one attached hydrogen (secondary N) is 1. The molecule has 1 aromatic carbocycles. The Balaban J connectivity index is 0.00000121. The van der Waals surface area contributed by atoms with Crippen molar-refractivity contribution in [3.63, 3.8) is 0 Å². The standard InChI is InChI=1S/C7H9N3O.Ag/c8-5-3-1-2-4-6(5)10-7(9)11;/h1-4H,8H2,(H3,9,10,11);/q;+1. The Morgan fingerprint density at radius 2 is 1.92 bits per heavy atom. The number of hydrogen-bond acceptors (Lipinski definition) is 2. The van der Waals surface area contributed by atoms with Crippen LogP contribution in [0.2, 0.25) is 0 Å². The zero-order chi connectivity index (χ0) is 8.27. The molecule has 4 nitrogen and oxygen atoms in total. The molecule has 12 heavy (non-hydrogen) atoms. The van der Waals surface area contributed by atoms with Crippen LogP contribution in [-0.4, -0.2) is 6.03 Å². The van der Waals surface area contributed by atoms with Gasteiger partial charge < -0.3 is 16.8 Å². The van der Waals surface area contributed by atoms with Gasteiger partial charge in [0.1, 0.15) is 0 Å². The zero-order valence-electron chi connectivity index (χ0n) is 6.17. The molecule has 0 aliphatic carbocycles. The molecule has 0 heterocycles. The minimum Gasteiger partial charge on any atom is -0.397 e. The number of benzene rings is 1. The van der Waals surface area contributed by atoms with Crippen molar-refractivity contribution in [3.8, 4) is 0 Å². The number of carbonyl (C=O) groups excluding carboxylic acids is 1. The summed E-state index contributed by atoms with van der Waals surface area (Å²) in [5.41, 5.74) is 11.4. The monoisotopic (exact) mass is 258 g/mol. The molecule has 0 saturated heterocycles. The fraction of sp³-hybridized carbons (Fsp3) is 0. The van der Waals surface area contributed by atoms with E-state index in [4.69, 9.17) is 11.5 Å². The van der Waals surface area contributed by atoms with E-state index in [1.165, 1.54) is 0 Å². The minimum absolute atomic E-state index is 0. The zero-order valence-corrected chi connectivity index (χ0v) is 7.66. The quantitative estimate of drug-likeness (QED) is 0.514. The van der Waals surface area contributed by atoms with Crippen LogP contribution in [0.25, 0.3) is 0 Å². The van der Waals surface area contributed by atoms with E-state index in [0.717, 1.165) is 0 Å². The van der Waals surface area contributed by atoms with Gasteiger partial charge in [-0.05, 0) is 12.1 Å². The Morgan fingerprint density at radius 3 is 2.42 bits per heavy atom. The van der Waals surface area contributed by atoms with Crippen LogP contribution in [0.4, 0.5) is 16.2 Å². The number of hydrogen-bond donors (Lipinski definition) is 3. The van der Waals surface area contributed by atoms with Gasteiger partial charge in [-0.1, -0.05) is 12.1 Å². The summed E-state index contributed by atoms with van der Waals surface area (Å²) < 4.78 is 0. The summed E-state index contributed by atoms with van der Waals surface area (Å²) in [5, 5.41) is 2.39. The van der Waals surface area contributed by atoms with E-state index < -0.39 is 6.03 Å². The maximum Gasteiger partial charge on any atom is 1.00 e. The second kappa shape index (κ2) is 4.82. The van der Waals surface area contributed by atoms with Crippen LogP contribution >= 0.6 is 0 Å². The average molecular weight is 259 g/mol. The van der Waals surface area contributed by atoms with Crippen LogP contribution in [0, 0.1) is 0 Å². The third-order valence-electron chi connectivity index (χ3n) is 1.22. The predicted molar refractivity (Wildman–Crippen MR) is 44.1 cm³/mol. The van der Waals surface area contributed by atoms with Crippen molar-refractivity contribution in [3.05, 3.63) is 24.3 Å². The molecule has 0 aromatic heterocycles. The molecule has 5 N–H and O–H groups in total. The van der Waals surface area contributed by atoms with E-state index in [-0.39, 0.29) is 22.4 Å². The number of primary amides is 1. The smallest absolute Gasteiger partial charge is 0.397 e. The van der Waals surface area contributed by atoms with E-state index in [1.54, 1.807) is 24.3 Å². The fourth-order valence-electron chi connectivity index (χ4n) is 0.744. The molecule has 0 saturated carbocycles. The summed E-state index contributed by atoms with van der Waals surface area (Å²) in [6, 6.07) is 6.30. The van der Waals surface area contributed by atoms with Gasteiger partial charge in [0.05, 0.1) is 11.4 Å². The Bertz CT molecular complexity index is 277. The topological polar surface area (TPSA) is 81.1 Å². The van der Waals surface area contributed by atoms with E-state index in [0.29, 0.717) is 11.4 Å². The van der Waals surface area contributed by atoms with Gasteiger partial charge in [-0.25, -0.2) is 4.79 Å². The van der Waals surface area contributed by atoms with Crippen LogP contribution < -0.4 is 16.8 Å². The van der Waals surface area contributed by atoms with E-state index >= 15 is 0 Å². The molecule has 2 amide bonds. The Labute approximate surface area is 85.8 Å². The third-order valence-corrected chi connectivity index (χ3v) is 1.22. The second-order valence-corrected chi connectivity index (χ2v) is 2.08. The second-order valence-electron chi connectivity index (χ2n) is 2.08. The summed E-state index contributed by atoms with van der Waals surface area (Å²) in [4.78, 5) is 10.4. The van der Waals surface area contributed by atoms with Crippen molar-refractivity contribution in [1.82, 2.24) is 0 Å². The first-order chi connectivity index (χ1) is 5.20. The van der Waals surface area contributed by atoms with Gasteiger partial charge in [-0.3, -0.25) is 0 Å². The summed E-state index contributed by atoms with van der Waals surface area (Å²) in [7, 11) is 0. The van der Waals surface area contributed by atoms with Crippen LogP contribution in [0.1, 0.15) is 0 Å². The first kappa shape index (κ1) is 11.0. The molecule has 5 heteroatoms. The minimum atomic E-state index is -0.608. The van der Waals surface area contributed by atoms with Crippen molar-refractivity contribution in [1.29, 1.82) is 0 Å². The van der Waals surface area contributed by atoms with Crippen molar-refractivity contribution in [2.24, 2.45) is 5.73 Å². The number of para-hydroxylation sites is 2. The van der Waals surface area contributed by atoms with Crippen LogP contribution in [0.3, 0.4) is 0 Å². The Hall–Kier alpha value is -0.970. The van der Waals surface area contributed by atoms with Gasteiger partial charge >= 0.3 is 28.4 Å². The summed E-state index contributed by atoms with van der Waals surface area (Å²) in [6.07, 6.45) is 0. The number of anilines is 2. The molecule has 1 aromatic rings. The SMILES string of the molecule is NC(=O)Nc1ccccc1N.[Ag+]. The first-order valence-electron chi connectivity index (χ1n) is 3.11. The Kier molecular flexibility index (Phi) is 4.43. The molecule has 68 valence electrons. The van der Waals surface area contributed by atoms with Crippen molar-refractivity contribution in [2.75, 3.05) is 11.1 Å². The molecule has 0 unspecified atom stereocenters. The summed E-state index contributed by atoms with van der Waals surface area (Å²) >= 11 is 0. The van der Waals surface area contributed by atoms with Gasteiger partial charge in [0.25, 0.3) is 0 Å². The molecule has 1 rings (SSSR count). The first-order valence-corrected chi connectivity index (χ1v) is 3.11. The van der Waals surface area contributed by atoms with Crippen molar-refractivity contribution >= 4 is 17.4 Å². The molecule has 0 radical (unpaired) electrons. The number of carbonyl (C=O) groups is 1. The molecular formula is C7H9AgN3O+. The van der Waals surface area contributed by atoms with Crippen molar-refractivity contribution < 1.29 is 27.2 Å². The number of urea groups is 1. The normalized spacial score (nSPS) is 8.33. The van der Waals surface area contributed by atoms with Gasteiger partial charge in [0.2, 0.25) is 0 Å². The predicted octanol–water partition coefficient (Wildman–Crippen LogP) is 0.757. The number of nitrogens with two attached hydrogens (primary N) is 2. The molecule has 0 aliphatic rings. The summed E-state index contributed by atoms with van der Waals surface area (Å²) in [5.74, 6) is 0. The van der Waals surface area contributed by atoms with Crippen molar-refractivity contribution in [2.45, 2.75) is 0 Å². The maximum absolute atomic E-state index is 10.4. The fourth-order valence-corrected chi connectivity index (χ4v) is 0.744. The van der Waals surface area contributed by atoms with Crippen LogP contribution in [0.5, 0.6) is 0 Å². The number of amides is 2. The Morgan fingerprint density at radius 1 is 1.33 bits per heavy atom. The van der Waals surface area contributed by atoms with Gasteiger partial charge in [-0.2, -0.15) is 0 Å². The molecule has 0 fully saturated rings. The third kappa shape index (κ3) is 2.96. The number of rotatable bonds is 1. The molecular weight excluding hydrogens is 250 g/mol. The van der Waals surface area contributed by atoms with Gasteiger partial charge in [-0.15, -0.1) is 0 Å². The molecule has 0 spiro atoms. The largest absolute Gasteiger partial charge is 1.00 e. The molecule has 0 aliphatic heterocycles. The van der Waals surface area contributed by atoms with E-state index in [9.17, 15) is 4.79 Å². The van der Waals surface area contributed by atoms with E-state index in [2.05, 4.69) is 5.32 Å². The van der Waals surface area contributed by atoms with Gasteiger partial charge in [0, 0.05) is 0 Å². The summed E-state index contributed by atoms with van der Waals surface area (Å²) in [6.45, 7) is 0. The average Bonchev–Trinajstić information content (AvgIpc) is 1.93. The maximum atomic E-state index is 10.4. The van der Waals surface area contributed by atoms with Crippen LogP contribution in [-0.2, 0) is 22.4 Å². The molecule has 0 atom stereocenters. The number of nitrogen functional groups attached to an aromatic ring is 1. The van der Waals surface area contributed by atoms with Gasteiger partial charge in [0.15, 0.2) is 0 Å². The van der Waals surface area contributed by atoms with Crippen LogP contribution in [0.15, 0.2) is 24.3 Å².